The molecule has 5 aromatic carbocycles. The molecule has 5 heteroatoms. The van der Waals surface area contributed by atoms with Crippen molar-refractivity contribution in [1.82, 2.24) is 4.98 Å². The Morgan fingerprint density at radius 1 is 0.816 bits per heavy atom. The monoisotopic (exact) mass is 881 g/mol. The first-order valence-corrected chi connectivity index (χ1v) is 23.9. The molecule has 247 valence electrons. The first-order chi connectivity index (χ1) is 24.0. The van der Waals surface area contributed by atoms with Crippen LogP contribution in [0.15, 0.2) is 137 Å². The molecule has 8 rings (SSSR count). The van der Waals surface area contributed by atoms with Crippen LogP contribution in [0.25, 0.3) is 33.2 Å². The van der Waals surface area contributed by atoms with E-state index in [-0.39, 0.29) is 31.9 Å². The summed E-state index contributed by atoms with van der Waals surface area (Å²) < 4.78 is 24.5. The number of para-hydroxylation sites is 2. The molecule has 0 N–H and O–H groups in total. The standard InChI is InChI=1S/C26H16NO.C18H24GeN.Ir/c1-2-9-17(10-3-1)24-20-12-4-6-15-22(20)27-25(24)21-14-8-13-19-18-11-5-7-16-23(18)28-26(19)21;1-14(2)11-16-12-18(15-9-7-6-8-10-15)20-13-17(16)19(3,4)5;/h1-13,15-16,24H;6-9,12-14H,11H2,1-5H3;/q2*-1;/i;11D2;. The molecule has 0 fully saturated rings. The van der Waals surface area contributed by atoms with Crippen LogP contribution in [-0.2, 0) is 26.5 Å². The third-order valence-corrected chi connectivity index (χ3v) is 12.9. The van der Waals surface area contributed by atoms with Gasteiger partial charge in [0.15, 0.2) is 0 Å². The van der Waals surface area contributed by atoms with Gasteiger partial charge in [0.1, 0.15) is 5.58 Å². The van der Waals surface area contributed by atoms with Gasteiger partial charge >= 0.3 is 128 Å². The quantitative estimate of drug-likeness (QED) is 0.123. The Kier molecular flexibility index (Phi) is 9.71. The smallest absolute Gasteiger partial charge is 0.120 e. The molecular formula is C44H40GeIrN2O-2. The van der Waals surface area contributed by atoms with Crippen molar-refractivity contribution < 1.29 is 27.3 Å². The third kappa shape index (κ3) is 7.28. The minimum atomic E-state index is -2.20. The number of hydrogen-bond donors (Lipinski definition) is 0. The Bertz CT molecular complexity index is 2330. The average molecular weight is 880 g/mol. The van der Waals surface area contributed by atoms with Crippen LogP contribution in [0.5, 0.6) is 0 Å². The van der Waals surface area contributed by atoms with E-state index in [2.05, 4.69) is 89.0 Å². The topological polar surface area (TPSA) is 38.4 Å². The van der Waals surface area contributed by atoms with Crippen molar-refractivity contribution in [2.45, 2.75) is 43.4 Å². The number of aromatic nitrogens is 1. The summed E-state index contributed by atoms with van der Waals surface area (Å²) >= 11 is -2.20. The predicted octanol–water partition coefficient (Wildman–Crippen LogP) is 10.9. The van der Waals surface area contributed by atoms with E-state index >= 15 is 0 Å². The molecule has 0 amide bonds. The van der Waals surface area contributed by atoms with E-state index in [1.54, 1.807) is 0 Å². The minimum Gasteiger partial charge on any atom is -0.501 e. The van der Waals surface area contributed by atoms with Crippen molar-refractivity contribution in [1.29, 1.82) is 0 Å². The fourth-order valence-electron chi connectivity index (χ4n) is 6.42. The molecule has 0 saturated heterocycles. The third-order valence-electron chi connectivity index (χ3n) is 8.63. The summed E-state index contributed by atoms with van der Waals surface area (Å²) in [5.74, 6) is 6.85. The Balaban J connectivity index is 0.000000178. The van der Waals surface area contributed by atoms with Crippen molar-refractivity contribution in [3.63, 3.8) is 0 Å². The number of aliphatic imine (C=N–C) groups is 1. The molecule has 2 aromatic heterocycles. The van der Waals surface area contributed by atoms with E-state index in [1.165, 1.54) is 11.1 Å². The second-order valence-corrected chi connectivity index (χ2v) is 24.1. The zero-order valence-corrected chi connectivity index (χ0v) is 32.9. The molecule has 0 aliphatic carbocycles. The number of furan rings is 1. The molecule has 3 heterocycles. The van der Waals surface area contributed by atoms with Gasteiger partial charge in [0.2, 0.25) is 0 Å². The van der Waals surface area contributed by atoms with Crippen molar-refractivity contribution in [3.8, 4) is 11.3 Å². The summed E-state index contributed by atoms with van der Waals surface area (Å²) in [6, 6.07) is 47.4. The van der Waals surface area contributed by atoms with Gasteiger partial charge in [0.25, 0.3) is 0 Å². The number of hydrogen-bond acceptors (Lipinski definition) is 3. The molecule has 1 unspecified atom stereocenters. The maximum Gasteiger partial charge on any atom is 0.120 e. The molecule has 1 aliphatic heterocycles. The Morgan fingerprint density at radius 2 is 1.55 bits per heavy atom. The first-order valence-electron chi connectivity index (χ1n) is 17.6. The van der Waals surface area contributed by atoms with Crippen LogP contribution < -0.4 is 4.40 Å². The van der Waals surface area contributed by atoms with Crippen LogP contribution >= 0.6 is 0 Å². The van der Waals surface area contributed by atoms with E-state index in [4.69, 9.17) is 12.2 Å². The second kappa shape index (κ2) is 14.8. The number of fused-ring (bicyclic) bond motifs is 4. The summed E-state index contributed by atoms with van der Waals surface area (Å²) in [6.45, 7) is 3.88. The number of benzene rings is 5. The maximum atomic E-state index is 8.56. The Morgan fingerprint density at radius 3 is 2.31 bits per heavy atom. The van der Waals surface area contributed by atoms with Gasteiger partial charge in [0, 0.05) is 31.4 Å². The molecule has 0 bridgehead atoms. The van der Waals surface area contributed by atoms with Crippen molar-refractivity contribution in [2.75, 3.05) is 0 Å². The summed E-state index contributed by atoms with van der Waals surface area (Å²) in [4.78, 5) is 9.62. The summed E-state index contributed by atoms with van der Waals surface area (Å²) in [6.07, 6.45) is 0.562. The molecule has 49 heavy (non-hydrogen) atoms. The molecule has 1 atom stereocenters. The van der Waals surface area contributed by atoms with Crippen molar-refractivity contribution >= 4 is 51.0 Å². The van der Waals surface area contributed by atoms with Gasteiger partial charge in [-0.1, -0.05) is 77.7 Å². The normalized spacial score (nSPS) is 14.7. The van der Waals surface area contributed by atoms with Crippen molar-refractivity contribution in [2.24, 2.45) is 10.9 Å². The zero-order chi connectivity index (χ0) is 35.0. The van der Waals surface area contributed by atoms with Gasteiger partial charge in [-0.05, 0) is 29.0 Å². The van der Waals surface area contributed by atoms with Crippen LogP contribution in [0.4, 0.5) is 5.69 Å². The predicted molar refractivity (Wildman–Crippen MR) is 204 cm³/mol. The average Bonchev–Trinajstić information content (AvgIpc) is 3.71. The first kappa shape index (κ1) is 32.1. The largest absolute Gasteiger partial charge is 0.501 e. The van der Waals surface area contributed by atoms with Crippen LogP contribution in [0.3, 0.4) is 0 Å². The van der Waals surface area contributed by atoms with Crippen LogP contribution in [0.1, 0.15) is 44.8 Å². The van der Waals surface area contributed by atoms with Crippen LogP contribution in [-0.4, -0.2) is 24.0 Å². The fourth-order valence-corrected chi connectivity index (χ4v) is 9.37. The van der Waals surface area contributed by atoms with E-state index in [9.17, 15) is 0 Å². The van der Waals surface area contributed by atoms with Gasteiger partial charge in [-0.25, -0.2) is 0 Å². The second-order valence-electron chi connectivity index (χ2n) is 13.5. The Hall–Kier alpha value is -4.09. The minimum absolute atomic E-state index is 0. The van der Waals surface area contributed by atoms with Crippen molar-refractivity contribution in [3.05, 3.63) is 162 Å². The molecule has 1 aliphatic rings. The molecule has 1 radical (unpaired) electrons. The van der Waals surface area contributed by atoms with Gasteiger partial charge in [-0.3, -0.25) is 4.99 Å². The van der Waals surface area contributed by atoms with Gasteiger partial charge in [0.05, 0.1) is 11.3 Å². The summed E-state index contributed by atoms with van der Waals surface area (Å²) in [7, 11) is 0. The molecular weight excluding hydrogens is 837 g/mol. The summed E-state index contributed by atoms with van der Waals surface area (Å²) in [5.41, 5.74) is 9.70. The Labute approximate surface area is 309 Å². The fraction of sp³-hybridized carbons (Fsp3) is 0.182. The molecule has 7 aromatic rings. The van der Waals surface area contributed by atoms with E-state index in [1.807, 2.05) is 86.8 Å². The SMILES string of the molecule is [2H]C([2H])(c1cc(-c2[c-]cccc2)nc[c]1[Ge]([CH3])([CH3])[CH3])C(C)C.[Ir].[c-]1ccc2c(oc3ccccc32)c1C1=Nc2ccccc2C1c1ccccc1. The van der Waals surface area contributed by atoms with Gasteiger partial charge in [-0.2, -0.15) is 0 Å². The summed E-state index contributed by atoms with van der Waals surface area (Å²) in [5, 5.41) is 2.23. The molecule has 0 spiro atoms. The maximum absolute atomic E-state index is 8.56. The van der Waals surface area contributed by atoms with Crippen LogP contribution in [0, 0.1) is 18.1 Å². The van der Waals surface area contributed by atoms with Crippen LogP contribution in [0.2, 0.25) is 17.3 Å². The van der Waals surface area contributed by atoms with Gasteiger partial charge in [-0.15, -0.1) is 18.2 Å². The van der Waals surface area contributed by atoms with Gasteiger partial charge < -0.3 is 4.42 Å². The molecule has 0 saturated carbocycles. The van der Waals surface area contributed by atoms with E-state index in [0.29, 0.717) is 0 Å². The zero-order valence-electron chi connectivity index (χ0n) is 30.4. The van der Waals surface area contributed by atoms with E-state index < -0.39 is 19.6 Å². The number of rotatable bonds is 6. The number of pyridine rings is 1. The van der Waals surface area contributed by atoms with E-state index in [0.717, 1.165) is 60.1 Å². The molecule has 3 nitrogen and oxygen atoms in total. The number of nitrogens with zero attached hydrogens (tertiary/aromatic N) is 2.